The van der Waals surface area contributed by atoms with Gasteiger partial charge in [0.25, 0.3) is 0 Å². The number of hydrogen-bond acceptors (Lipinski definition) is 5. The molecule has 0 heterocycles. The van der Waals surface area contributed by atoms with Crippen molar-refractivity contribution in [1.29, 1.82) is 0 Å². The fourth-order valence-corrected chi connectivity index (χ4v) is 2.44. The summed E-state index contributed by atoms with van der Waals surface area (Å²) in [5, 5.41) is 0. The van der Waals surface area contributed by atoms with E-state index >= 15 is 0 Å². The van der Waals surface area contributed by atoms with Gasteiger partial charge in [-0.05, 0) is 44.0 Å². The fourth-order valence-electron chi connectivity index (χ4n) is 2.44. The first-order chi connectivity index (χ1) is 12.9. The van der Waals surface area contributed by atoms with Crippen LogP contribution in [0, 0.1) is 0 Å². The predicted octanol–water partition coefficient (Wildman–Crippen LogP) is 2.62. The lowest BCUT2D eigenvalue weighted by Gasteiger charge is -2.28. The molecule has 1 aromatic carbocycles. The highest BCUT2D eigenvalue weighted by Gasteiger charge is 2.30. The maximum atomic E-state index is 12.6. The number of urea groups is 1. The number of esters is 1. The summed E-state index contributed by atoms with van der Waals surface area (Å²) in [4.78, 5) is 42.6. The average molecular weight is 379 g/mol. The Morgan fingerprint density at radius 1 is 1.11 bits per heavy atom. The maximum Gasteiger partial charge on any atom is 0.342 e. The van der Waals surface area contributed by atoms with Crippen LogP contribution in [-0.4, -0.2) is 42.0 Å². The zero-order chi connectivity index (χ0) is 20.2. The maximum absolute atomic E-state index is 12.6. The second kappa shape index (κ2) is 11.9. The highest BCUT2D eigenvalue weighted by atomic mass is 16.7. The number of ether oxygens (including phenoxy) is 1. The Hall–Kier alpha value is -2.61. The van der Waals surface area contributed by atoms with Crippen molar-refractivity contribution in [3.8, 4) is 5.75 Å². The Kier molecular flexibility index (Phi) is 9.89. The molecule has 150 valence electrons. The van der Waals surface area contributed by atoms with Gasteiger partial charge in [-0.2, -0.15) is 0 Å². The van der Waals surface area contributed by atoms with Gasteiger partial charge >= 0.3 is 12.0 Å². The minimum absolute atomic E-state index is 0.279. The lowest BCUT2D eigenvalue weighted by Crippen LogP contribution is -2.50. The first kappa shape index (κ1) is 22.4. The van der Waals surface area contributed by atoms with Crippen LogP contribution in [0.5, 0.6) is 5.75 Å². The molecule has 0 unspecified atom stereocenters. The predicted molar refractivity (Wildman–Crippen MR) is 101 cm³/mol. The number of nitrogens with one attached hydrogen (secondary N) is 1. The largest absolute Gasteiger partial charge is 0.425 e. The van der Waals surface area contributed by atoms with Gasteiger partial charge in [-0.15, -0.1) is 0 Å². The van der Waals surface area contributed by atoms with E-state index in [1.54, 1.807) is 6.92 Å². The normalized spacial score (nSPS) is 11.5. The van der Waals surface area contributed by atoms with Gasteiger partial charge in [0.1, 0.15) is 11.8 Å². The molecular weight excluding hydrogens is 350 g/mol. The molecule has 0 bridgehead atoms. The lowest BCUT2D eigenvalue weighted by molar-refractivity contribution is -0.139. The van der Waals surface area contributed by atoms with E-state index in [9.17, 15) is 14.4 Å². The first-order valence-electron chi connectivity index (χ1n) is 9.24. The van der Waals surface area contributed by atoms with Crippen LogP contribution in [0.15, 0.2) is 24.3 Å². The van der Waals surface area contributed by atoms with Gasteiger partial charge in [-0.25, -0.2) is 15.1 Å². The number of nitrogens with two attached hydrogens (primary N) is 1. The SMILES string of the molecule is CCCCONC(=O)N(CC)[C@@H](CCC)C(=O)Oc1ccc(C(N)=O)cc1. The number of unbranched alkanes of at least 4 members (excludes halogenated alkanes) is 1. The number of hydrogen-bond donors (Lipinski definition) is 2. The van der Waals surface area contributed by atoms with E-state index in [1.165, 1.54) is 29.2 Å². The van der Waals surface area contributed by atoms with Gasteiger partial charge in [0.2, 0.25) is 5.91 Å². The minimum atomic E-state index is -0.745. The number of carbonyl (C=O) groups is 3. The summed E-state index contributed by atoms with van der Waals surface area (Å²) < 4.78 is 5.39. The number of likely N-dealkylation sites (N-methyl/N-ethyl adjacent to an activating group) is 1. The molecule has 0 fully saturated rings. The van der Waals surface area contributed by atoms with Crippen molar-refractivity contribution < 1.29 is 24.0 Å². The second-order valence-corrected chi connectivity index (χ2v) is 6.01. The van der Waals surface area contributed by atoms with Crippen LogP contribution in [-0.2, 0) is 9.63 Å². The molecule has 8 nitrogen and oxygen atoms in total. The standard InChI is InChI=1S/C19H29N3O5/c1-4-7-13-26-21-19(25)22(6-3)16(8-5-2)18(24)27-15-11-9-14(10-12-15)17(20)23/h9-12,16H,4-8,13H2,1-3H3,(H2,20,23)(H,21,25)/t16-/m0/s1. The Labute approximate surface area is 159 Å². The van der Waals surface area contributed by atoms with Gasteiger partial charge in [-0.1, -0.05) is 26.7 Å². The van der Waals surface area contributed by atoms with Gasteiger partial charge in [0.05, 0.1) is 6.61 Å². The number of amides is 3. The minimum Gasteiger partial charge on any atom is -0.425 e. The van der Waals surface area contributed by atoms with Crippen LogP contribution < -0.4 is 16.0 Å². The van der Waals surface area contributed by atoms with Crippen molar-refractivity contribution >= 4 is 17.9 Å². The zero-order valence-corrected chi connectivity index (χ0v) is 16.2. The monoisotopic (exact) mass is 379 g/mol. The van der Waals surface area contributed by atoms with Crippen LogP contribution in [0.3, 0.4) is 0 Å². The second-order valence-electron chi connectivity index (χ2n) is 6.01. The van der Waals surface area contributed by atoms with E-state index in [1.807, 2.05) is 13.8 Å². The summed E-state index contributed by atoms with van der Waals surface area (Å²) in [7, 11) is 0. The van der Waals surface area contributed by atoms with E-state index in [-0.39, 0.29) is 5.75 Å². The topological polar surface area (TPSA) is 111 Å². The summed E-state index contributed by atoms with van der Waals surface area (Å²) in [6.45, 7) is 6.46. The van der Waals surface area contributed by atoms with Gasteiger partial charge in [-0.3, -0.25) is 9.63 Å². The Balaban J connectivity index is 2.78. The average Bonchev–Trinajstić information content (AvgIpc) is 2.65. The highest BCUT2D eigenvalue weighted by molar-refractivity contribution is 5.93. The van der Waals surface area contributed by atoms with Crippen LogP contribution in [0.25, 0.3) is 0 Å². The van der Waals surface area contributed by atoms with Crippen molar-refractivity contribution in [2.75, 3.05) is 13.2 Å². The van der Waals surface area contributed by atoms with Crippen molar-refractivity contribution in [3.63, 3.8) is 0 Å². The van der Waals surface area contributed by atoms with Crippen LogP contribution in [0.4, 0.5) is 4.79 Å². The van der Waals surface area contributed by atoms with Crippen molar-refractivity contribution in [2.45, 2.75) is 52.5 Å². The molecule has 3 N–H and O–H groups in total. The number of carbonyl (C=O) groups excluding carboxylic acids is 3. The van der Waals surface area contributed by atoms with Gasteiger partial charge < -0.3 is 15.4 Å². The van der Waals surface area contributed by atoms with E-state index in [0.717, 1.165) is 12.8 Å². The molecule has 0 aliphatic rings. The molecule has 1 atom stereocenters. The number of nitrogens with zero attached hydrogens (tertiary/aromatic N) is 1. The molecule has 27 heavy (non-hydrogen) atoms. The van der Waals surface area contributed by atoms with Crippen molar-refractivity contribution in [3.05, 3.63) is 29.8 Å². The first-order valence-corrected chi connectivity index (χ1v) is 9.24. The van der Waals surface area contributed by atoms with Crippen LogP contribution >= 0.6 is 0 Å². The van der Waals surface area contributed by atoms with Crippen LogP contribution in [0.1, 0.15) is 56.8 Å². The lowest BCUT2D eigenvalue weighted by atomic mass is 10.1. The summed E-state index contributed by atoms with van der Waals surface area (Å²) in [5.41, 5.74) is 7.89. The molecule has 0 saturated heterocycles. The fraction of sp³-hybridized carbons (Fsp3) is 0.526. The van der Waals surface area contributed by atoms with E-state index in [2.05, 4.69) is 5.48 Å². The zero-order valence-electron chi connectivity index (χ0n) is 16.2. The third-order valence-electron chi connectivity index (χ3n) is 3.93. The molecular formula is C19H29N3O5. The molecule has 0 aliphatic heterocycles. The summed E-state index contributed by atoms with van der Waals surface area (Å²) in [5.74, 6) is -0.829. The molecule has 0 saturated carbocycles. The molecule has 1 rings (SSSR count). The quantitative estimate of drug-likeness (QED) is 0.266. The van der Waals surface area contributed by atoms with Gasteiger partial charge in [0.15, 0.2) is 0 Å². The molecule has 0 radical (unpaired) electrons. The third kappa shape index (κ3) is 7.26. The van der Waals surface area contributed by atoms with E-state index in [0.29, 0.717) is 31.6 Å². The Bertz CT molecular complexity index is 618. The third-order valence-corrected chi connectivity index (χ3v) is 3.93. The number of benzene rings is 1. The summed E-state index contributed by atoms with van der Waals surface area (Å²) >= 11 is 0. The smallest absolute Gasteiger partial charge is 0.342 e. The number of hydroxylamine groups is 1. The van der Waals surface area contributed by atoms with E-state index < -0.39 is 23.9 Å². The molecule has 0 aliphatic carbocycles. The van der Waals surface area contributed by atoms with Crippen molar-refractivity contribution in [2.24, 2.45) is 5.73 Å². The highest BCUT2D eigenvalue weighted by Crippen LogP contribution is 2.16. The number of rotatable bonds is 11. The Morgan fingerprint density at radius 3 is 2.30 bits per heavy atom. The Morgan fingerprint density at radius 2 is 1.78 bits per heavy atom. The summed E-state index contributed by atoms with van der Waals surface area (Å²) in [6, 6.07) is 4.71. The van der Waals surface area contributed by atoms with Crippen molar-refractivity contribution in [1.82, 2.24) is 10.4 Å². The number of primary amides is 1. The molecule has 1 aromatic rings. The molecule has 8 heteroatoms. The van der Waals surface area contributed by atoms with Gasteiger partial charge in [0, 0.05) is 12.1 Å². The van der Waals surface area contributed by atoms with E-state index in [4.69, 9.17) is 15.3 Å². The summed E-state index contributed by atoms with van der Waals surface area (Å²) in [6.07, 6.45) is 2.93. The molecule has 0 aromatic heterocycles. The molecule has 0 spiro atoms. The molecule has 3 amide bonds. The van der Waals surface area contributed by atoms with Crippen LogP contribution in [0.2, 0.25) is 0 Å².